The molecule has 2 heterocycles. The average Bonchev–Trinajstić information content (AvgIpc) is 2.60. The lowest BCUT2D eigenvalue weighted by molar-refractivity contribution is -0.0704. The van der Waals surface area contributed by atoms with E-state index in [1.165, 1.54) is 5.56 Å². The smallest absolute Gasteiger partial charge is 0.254 e. The Morgan fingerprint density at radius 3 is 2.50 bits per heavy atom. The summed E-state index contributed by atoms with van der Waals surface area (Å²) in [4.78, 5) is 17.5. The van der Waals surface area contributed by atoms with Gasteiger partial charge in [-0.25, -0.2) is 0 Å². The zero-order valence-electron chi connectivity index (χ0n) is 15.2. The molecule has 0 bridgehead atoms. The molecule has 138 valence electrons. The molecule has 2 N–H and O–H groups in total. The third kappa shape index (κ3) is 5.00. The van der Waals surface area contributed by atoms with Gasteiger partial charge in [0.2, 0.25) is 0 Å². The van der Waals surface area contributed by atoms with Crippen molar-refractivity contribution in [1.82, 2.24) is 15.2 Å². The highest BCUT2D eigenvalue weighted by Gasteiger charge is 2.21. The molecule has 0 radical (unpaired) electrons. The Bertz CT molecular complexity index is 793. The molecule has 1 aromatic heterocycles. The number of morpholine rings is 1. The van der Waals surface area contributed by atoms with Gasteiger partial charge in [0.1, 0.15) is 4.64 Å². The van der Waals surface area contributed by atoms with E-state index in [1.54, 1.807) is 18.3 Å². The average molecular weight is 372 g/mol. The number of rotatable bonds is 5. The van der Waals surface area contributed by atoms with Crippen molar-refractivity contribution in [3.05, 3.63) is 63.9 Å². The maximum Gasteiger partial charge on any atom is 0.254 e. The third-order valence-corrected chi connectivity index (χ3v) is 4.78. The normalized spacial score (nSPS) is 20.7. The van der Waals surface area contributed by atoms with Crippen molar-refractivity contribution < 1.29 is 9.53 Å². The Hall–Kier alpha value is -2.02. The van der Waals surface area contributed by atoms with Crippen LogP contribution < -0.4 is 5.32 Å². The highest BCUT2D eigenvalue weighted by molar-refractivity contribution is 7.71. The van der Waals surface area contributed by atoms with Gasteiger partial charge >= 0.3 is 0 Å². The lowest BCUT2D eigenvalue weighted by atomic mass is 10.1. The second kappa shape index (κ2) is 8.58. The highest BCUT2D eigenvalue weighted by Crippen LogP contribution is 2.15. The minimum Gasteiger partial charge on any atom is -0.373 e. The molecule has 1 fully saturated rings. The van der Waals surface area contributed by atoms with Crippen molar-refractivity contribution in [2.75, 3.05) is 13.1 Å². The maximum absolute atomic E-state index is 12.2. The fourth-order valence-corrected chi connectivity index (χ4v) is 3.54. The largest absolute Gasteiger partial charge is 0.373 e. The quantitative estimate of drug-likeness (QED) is 0.792. The Labute approximate surface area is 159 Å². The molecule has 1 aliphatic rings. The zero-order chi connectivity index (χ0) is 18.5. The predicted molar refractivity (Wildman–Crippen MR) is 105 cm³/mol. The summed E-state index contributed by atoms with van der Waals surface area (Å²) in [7, 11) is 0. The van der Waals surface area contributed by atoms with E-state index in [1.807, 2.05) is 0 Å². The standard InChI is InChI=1S/C20H25N3O2S/c1-14-11-23(12-15(2)25-14)13-17-7-5-16(6-8-17)10-22-19(24)18-4-3-9-21-20(18)26/h3-9,14-15H,10-13H2,1-2H3,(H,21,26)(H,22,24)/t14-,15-/m1/s1. The number of pyridine rings is 1. The van der Waals surface area contributed by atoms with E-state index in [-0.39, 0.29) is 18.1 Å². The first-order valence-electron chi connectivity index (χ1n) is 8.93. The van der Waals surface area contributed by atoms with Crippen molar-refractivity contribution in [2.45, 2.75) is 39.1 Å². The second-order valence-electron chi connectivity index (χ2n) is 6.86. The van der Waals surface area contributed by atoms with Gasteiger partial charge in [-0.05, 0) is 37.1 Å². The number of carbonyl (C=O) groups is 1. The van der Waals surface area contributed by atoms with E-state index in [9.17, 15) is 4.79 Å². The molecule has 2 aromatic rings. The molecular weight excluding hydrogens is 346 g/mol. The van der Waals surface area contributed by atoms with Gasteiger partial charge < -0.3 is 15.0 Å². The van der Waals surface area contributed by atoms with Crippen molar-refractivity contribution in [1.29, 1.82) is 0 Å². The summed E-state index contributed by atoms with van der Waals surface area (Å²) < 4.78 is 6.23. The number of hydrogen-bond acceptors (Lipinski definition) is 4. The van der Waals surface area contributed by atoms with Gasteiger partial charge in [-0.3, -0.25) is 9.69 Å². The number of carbonyl (C=O) groups excluding carboxylic acids is 1. The van der Waals surface area contributed by atoms with E-state index >= 15 is 0 Å². The van der Waals surface area contributed by atoms with E-state index in [0.29, 0.717) is 16.7 Å². The number of amides is 1. The first kappa shape index (κ1) is 18.8. The molecule has 1 aromatic carbocycles. The molecule has 0 aliphatic carbocycles. The summed E-state index contributed by atoms with van der Waals surface area (Å²) in [5, 5.41) is 2.92. The lowest BCUT2D eigenvalue weighted by Gasteiger charge is -2.35. The molecule has 0 saturated carbocycles. The molecule has 1 amide bonds. The SMILES string of the molecule is C[C@@H]1CN(Cc2ccc(CNC(=O)c3ccc[nH]c3=S)cc2)C[C@@H](C)O1. The van der Waals surface area contributed by atoms with Crippen LogP contribution >= 0.6 is 12.2 Å². The van der Waals surface area contributed by atoms with Gasteiger partial charge in [0.15, 0.2) is 0 Å². The van der Waals surface area contributed by atoms with Crippen LogP contribution in [0, 0.1) is 4.64 Å². The van der Waals surface area contributed by atoms with Crippen LogP contribution in [0.1, 0.15) is 35.3 Å². The Morgan fingerprint density at radius 1 is 1.19 bits per heavy atom. The summed E-state index contributed by atoms with van der Waals surface area (Å²) in [6.45, 7) is 7.55. The van der Waals surface area contributed by atoms with Crippen LogP contribution in [0.2, 0.25) is 0 Å². The number of benzene rings is 1. The number of aromatic amines is 1. The van der Waals surface area contributed by atoms with Crippen molar-refractivity contribution in [2.24, 2.45) is 0 Å². The van der Waals surface area contributed by atoms with Crippen LogP contribution in [0.25, 0.3) is 0 Å². The van der Waals surface area contributed by atoms with Crippen molar-refractivity contribution >= 4 is 18.1 Å². The molecule has 3 rings (SSSR count). The number of hydrogen-bond donors (Lipinski definition) is 2. The molecule has 5 nitrogen and oxygen atoms in total. The van der Waals surface area contributed by atoms with Gasteiger partial charge in [0.05, 0.1) is 17.8 Å². The first-order chi connectivity index (χ1) is 12.5. The van der Waals surface area contributed by atoms with E-state index < -0.39 is 0 Å². The van der Waals surface area contributed by atoms with Crippen LogP contribution in [0.3, 0.4) is 0 Å². The highest BCUT2D eigenvalue weighted by atomic mass is 32.1. The number of aromatic nitrogens is 1. The molecule has 26 heavy (non-hydrogen) atoms. The Kier molecular flexibility index (Phi) is 6.19. The van der Waals surface area contributed by atoms with Gasteiger partial charge in [-0.15, -0.1) is 0 Å². The number of H-pyrrole nitrogens is 1. The molecule has 2 atom stereocenters. The summed E-state index contributed by atoms with van der Waals surface area (Å²) in [6.07, 6.45) is 2.27. The zero-order valence-corrected chi connectivity index (χ0v) is 16.0. The summed E-state index contributed by atoms with van der Waals surface area (Å²) >= 11 is 5.14. The van der Waals surface area contributed by atoms with E-state index in [2.05, 4.69) is 53.3 Å². The van der Waals surface area contributed by atoms with Crippen LogP contribution in [-0.2, 0) is 17.8 Å². The van der Waals surface area contributed by atoms with E-state index in [0.717, 1.165) is 25.2 Å². The number of nitrogens with one attached hydrogen (secondary N) is 2. The van der Waals surface area contributed by atoms with Crippen molar-refractivity contribution in [3.8, 4) is 0 Å². The fraction of sp³-hybridized carbons (Fsp3) is 0.400. The predicted octanol–water partition coefficient (Wildman–Crippen LogP) is 3.28. The molecular formula is C20H25N3O2S. The Balaban J connectivity index is 1.54. The summed E-state index contributed by atoms with van der Waals surface area (Å²) in [5.41, 5.74) is 2.83. The number of ether oxygens (including phenoxy) is 1. The minimum absolute atomic E-state index is 0.160. The lowest BCUT2D eigenvalue weighted by Crippen LogP contribution is -2.44. The van der Waals surface area contributed by atoms with Gasteiger partial charge in [0, 0.05) is 32.4 Å². The van der Waals surface area contributed by atoms with E-state index in [4.69, 9.17) is 17.0 Å². The minimum atomic E-state index is -0.160. The van der Waals surface area contributed by atoms with Crippen LogP contribution in [0.15, 0.2) is 42.6 Å². The third-order valence-electron chi connectivity index (χ3n) is 4.44. The van der Waals surface area contributed by atoms with Gasteiger partial charge in [-0.1, -0.05) is 36.5 Å². The Morgan fingerprint density at radius 2 is 1.85 bits per heavy atom. The summed E-state index contributed by atoms with van der Waals surface area (Å²) in [6, 6.07) is 11.9. The molecule has 0 unspecified atom stereocenters. The van der Waals surface area contributed by atoms with Gasteiger partial charge in [-0.2, -0.15) is 0 Å². The summed E-state index contributed by atoms with van der Waals surface area (Å²) in [5.74, 6) is -0.160. The second-order valence-corrected chi connectivity index (χ2v) is 7.27. The molecule has 1 aliphatic heterocycles. The molecule has 1 saturated heterocycles. The topological polar surface area (TPSA) is 57.4 Å². The molecule has 0 spiro atoms. The monoisotopic (exact) mass is 371 g/mol. The molecule has 6 heteroatoms. The fourth-order valence-electron chi connectivity index (χ4n) is 3.31. The van der Waals surface area contributed by atoms with Crippen LogP contribution in [0.5, 0.6) is 0 Å². The van der Waals surface area contributed by atoms with Crippen molar-refractivity contribution in [3.63, 3.8) is 0 Å². The first-order valence-corrected chi connectivity index (χ1v) is 9.33. The van der Waals surface area contributed by atoms with Crippen LogP contribution in [-0.4, -0.2) is 41.1 Å². The van der Waals surface area contributed by atoms with Gasteiger partial charge in [0.25, 0.3) is 5.91 Å². The number of nitrogens with zero attached hydrogens (tertiary/aromatic N) is 1. The van der Waals surface area contributed by atoms with Crippen LogP contribution in [0.4, 0.5) is 0 Å². The maximum atomic E-state index is 12.2.